The lowest BCUT2D eigenvalue weighted by Crippen LogP contribution is -2.39. The van der Waals surface area contributed by atoms with Crippen molar-refractivity contribution >= 4 is 10.0 Å². The van der Waals surface area contributed by atoms with Gasteiger partial charge in [0, 0.05) is 6.54 Å². The lowest BCUT2D eigenvalue weighted by atomic mass is 9.96. The molecule has 0 aliphatic heterocycles. The molecule has 9 heteroatoms. The van der Waals surface area contributed by atoms with Crippen LogP contribution in [0, 0.1) is 13.8 Å². The maximum absolute atomic E-state index is 12.6. The van der Waals surface area contributed by atoms with Crippen molar-refractivity contribution in [2.45, 2.75) is 37.2 Å². The average molecular weight is 382 g/mol. The Morgan fingerprint density at radius 2 is 1.92 bits per heavy atom. The fraction of sp³-hybridized carbons (Fsp3) is 0.471. The van der Waals surface area contributed by atoms with Crippen molar-refractivity contribution in [3.05, 3.63) is 34.7 Å². The molecule has 142 valence electrons. The van der Waals surface area contributed by atoms with E-state index >= 15 is 0 Å². The first-order chi connectivity index (χ1) is 12.2. The minimum Gasteiger partial charge on any atom is -0.493 e. The van der Waals surface area contributed by atoms with Gasteiger partial charge in [-0.05, 0) is 49.9 Å². The van der Waals surface area contributed by atoms with Gasteiger partial charge in [0.15, 0.2) is 17.3 Å². The maximum atomic E-state index is 12.6. The average Bonchev–Trinajstić information content (AvgIpc) is 3.12. The summed E-state index contributed by atoms with van der Waals surface area (Å²) in [5.41, 5.74) is 0.486. The molecule has 3 rings (SSSR count). The number of methoxy groups -OCH3 is 2. The molecule has 1 atom stereocenters. The van der Waals surface area contributed by atoms with E-state index in [-0.39, 0.29) is 22.9 Å². The number of nitrogens with zero attached hydrogens (tertiary/aromatic N) is 1. The number of aryl methyl sites for hydroxylation is 3. The Balaban J connectivity index is 1.89. The van der Waals surface area contributed by atoms with Crippen LogP contribution in [-0.4, -0.2) is 39.4 Å². The molecule has 0 saturated carbocycles. The van der Waals surface area contributed by atoms with Crippen molar-refractivity contribution in [3.8, 4) is 11.5 Å². The van der Waals surface area contributed by atoms with Crippen LogP contribution in [0.25, 0.3) is 0 Å². The third kappa shape index (κ3) is 3.06. The molecule has 8 nitrogen and oxygen atoms in total. The third-order valence-corrected chi connectivity index (χ3v) is 6.35. The van der Waals surface area contributed by atoms with Crippen LogP contribution >= 0.6 is 0 Å². The molecule has 0 bridgehead atoms. The number of hydrogen-bond donors (Lipinski definition) is 2. The highest BCUT2D eigenvalue weighted by Gasteiger charge is 2.39. The Hall–Kier alpha value is -2.10. The third-order valence-electron chi connectivity index (χ3n) is 4.71. The Labute approximate surface area is 152 Å². The van der Waals surface area contributed by atoms with Gasteiger partial charge in [-0.15, -0.1) is 0 Å². The first-order valence-electron chi connectivity index (χ1n) is 8.12. The van der Waals surface area contributed by atoms with Gasteiger partial charge >= 0.3 is 0 Å². The summed E-state index contributed by atoms with van der Waals surface area (Å²) in [4.78, 5) is 0.00614. The molecule has 0 spiro atoms. The summed E-state index contributed by atoms with van der Waals surface area (Å²) in [5, 5.41) is 14.7. The second-order valence-electron chi connectivity index (χ2n) is 6.37. The summed E-state index contributed by atoms with van der Waals surface area (Å²) >= 11 is 0. The summed E-state index contributed by atoms with van der Waals surface area (Å²) in [6.07, 6.45) is 1.00. The number of fused-ring (bicyclic) bond motifs is 1. The van der Waals surface area contributed by atoms with Crippen molar-refractivity contribution in [1.29, 1.82) is 0 Å². The first-order valence-corrected chi connectivity index (χ1v) is 9.60. The molecule has 0 saturated heterocycles. The van der Waals surface area contributed by atoms with Crippen molar-refractivity contribution in [3.63, 3.8) is 0 Å². The molecule has 2 N–H and O–H groups in total. The highest BCUT2D eigenvalue weighted by atomic mass is 32.2. The van der Waals surface area contributed by atoms with Crippen molar-refractivity contribution in [2.24, 2.45) is 0 Å². The fourth-order valence-corrected chi connectivity index (χ4v) is 4.78. The van der Waals surface area contributed by atoms with Crippen LogP contribution in [0.3, 0.4) is 0 Å². The Morgan fingerprint density at radius 3 is 2.50 bits per heavy atom. The van der Waals surface area contributed by atoms with E-state index in [1.165, 1.54) is 14.0 Å². The van der Waals surface area contributed by atoms with Gasteiger partial charge in [0.05, 0.1) is 14.2 Å². The molecule has 1 heterocycles. The summed E-state index contributed by atoms with van der Waals surface area (Å²) in [6.45, 7) is 2.93. The Morgan fingerprint density at radius 1 is 1.27 bits per heavy atom. The van der Waals surface area contributed by atoms with Gasteiger partial charge in [0.1, 0.15) is 16.2 Å². The van der Waals surface area contributed by atoms with Crippen LogP contribution < -0.4 is 14.2 Å². The highest BCUT2D eigenvalue weighted by Crippen LogP contribution is 2.42. The van der Waals surface area contributed by atoms with E-state index in [1.807, 2.05) is 6.07 Å². The summed E-state index contributed by atoms with van der Waals surface area (Å²) in [7, 11) is -0.800. The van der Waals surface area contributed by atoms with E-state index in [2.05, 4.69) is 9.88 Å². The molecule has 0 amide bonds. The normalized spacial score (nSPS) is 19.4. The van der Waals surface area contributed by atoms with Gasteiger partial charge in [0.25, 0.3) is 0 Å². The number of rotatable bonds is 6. The Kier molecular flexibility index (Phi) is 4.72. The van der Waals surface area contributed by atoms with E-state index in [0.717, 1.165) is 5.56 Å². The second kappa shape index (κ2) is 6.57. The largest absolute Gasteiger partial charge is 0.493 e. The maximum Gasteiger partial charge on any atom is 0.246 e. The lowest BCUT2D eigenvalue weighted by molar-refractivity contribution is 0.0440. The van der Waals surface area contributed by atoms with Crippen molar-refractivity contribution in [2.75, 3.05) is 20.8 Å². The van der Waals surface area contributed by atoms with Crippen molar-refractivity contribution in [1.82, 2.24) is 9.88 Å². The summed E-state index contributed by atoms with van der Waals surface area (Å²) in [5.74, 6) is 1.27. The van der Waals surface area contributed by atoms with Crippen molar-refractivity contribution < 1.29 is 27.5 Å². The number of nitrogens with one attached hydrogen (secondary N) is 1. The molecule has 1 unspecified atom stereocenters. The molecule has 1 aliphatic rings. The standard InChI is InChI=1S/C17H22N2O6S/c1-10-16(11(2)25-19-10)26(21,22)18-9-17(20)6-5-12-7-14(23-3)15(24-4)8-13(12)17/h7-8,18,20H,5-6,9H2,1-4H3. The fourth-order valence-electron chi connectivity index (χ4n) is 3.37. The van der Waals surface area contributed by atoms with Crippen LogP contribution in [0.4, 0.5) is 0 Å². The predicted molar refractivity (Wildman–Crippen MR) is 92.9 cm³/mol. The molecule has 1 aromatic heterocycles. The second-order valence-corrected chi connectivity index (χ2v) is 8.08. The zero-order valence-corrected chi connectivity index (χ0v) is 15.9. The van der Waals surface area contributed by atoms with Gasteiger partial charge in [0.2, 0.25) is 10.0 Å². The molecule has 1 aliphatic carbocycles. The number of benzene rings is 1. The summed E-state index contributed by atoms with van der Waals surface area (Å²) < 4.78 is 43.2. The summed E-state index contributed by atoms with van der Waals surface area (Å²) in [6, 6.07) is 3.51. The van der Waals surface area contributed by atoms with Crippen LogP contribution in [0.15, 0.2) is 21.6 Å². The van der Waals surface area contributed by atoms with Crippen LogP contribution in [-0.2, 0) is 22.0 Å². The lowest BCUT2D eigenvalue weighted by Gasteiger charge is -2.25. The van der Waals surface area contributed by atoms with E-state index in [4.69, 9.17) is 14.0 Å². The van der Waals surface area contributed by atoms with Gasteiger partial charge in [-0.2, -0.15) is 0 Å². The van der Waals surface area contributed by atoms with E-state index in [1.54, 1.807) is 20.1 Å². The monoisotopic (exact) mass is 382 g/mol. The van der Waals surface area contributed by atoms with Crippen LogP contribution in [0.1, 0.15) is 29.0 Å². The Bertz CT molecular complexity index is 917. The van der Waals surface area contributed by atoms with Gasteiger partial charge in [-0.1, -0.05) is 5.16 Å². The number of aromatic nitrogens is 1. The zero-order chi connectivity index (χ0) is 19.1. The minimum absolute atomic E-state index is 0.00614. The number of sulfonamides is 1. The number of ether oxygens (including phenoxy) is 2. The molecule has 1 aromatic carbocycles. The van der Waals surface area contributed by atoms with Gasteiger partial charge in [-0.25, -0.2) is 13.1 Å². The van der Waals surface area contributed by atoms with E-state index in [9.17, 15) is 13.5 Å². The molecule has 26 heavy (non-hydrogen) atoms. The van der Waals surface area contributed by atoms with Crippen LogP contribution in [0.5, 0.6) is 11.5 Å². The molecule has 0 fully saturated rings. The van der Waals surface area contributed by atoms with E-state index in [0.29, 0.717) is 29.9 Å². The van der Waals surface area contributed by atoms with Crippen LogP contribution in [0.2, 0.25) is 0 Å². The topological polar surface area (TPSA) is 111 Å². The molecular weight excluding hydrogens is 360 g/mol. The number of hydrogen-bond acceptors (Lipinski definition) is 7. The highest BCUT2D eigenvalue weighted by molar-refractivity contribution is 7.89. The first kappa shape index (κ1) is 18.7. The number of aliphatic hydroxyl groups is 1. The zero-order valence-electron chi connectivity index (χ0n) is 15.1. The van der Waals surface area contributed by atoms with Gasteiger partial charge < -0.3 is 19.1 Å². The van der Waals surface area contributed by atoms with Gasteiger partial charge in [-0.3, -0.25) is 0 Å². The molecule has 0 radical (unpaired) electrons. The SMILES string of the molecule is COc1cc2c(cc1OC)C(O)(CNS(=O)(=O)c1c(C)noc1C)CC2. The molecule has 2 aromatic rings. The predicted octanol–water partition coefficient (Wildman–Crippen LogP) is 1.42. The quantitative estimate of drug-likeness (QED) is 0.777. The van der Waals surface area contributed by atoms with E-state index < -0.39 is 15.6 Å². The molecular formula is C17H22N2O6S. The smallest absolute Gasteiger partial charge is 0.246 e. The minimum atomic E-state index is -3.86.